The number of aromatic nitrogens is 1. The SMILES string of the molecule is NCC#Cc1cccc(CSc2nc3ccccc3s2)c1. The lowest BCUT2D eigenvalue weighted by atomic mass is 10.1. The van der Waals surface area contributed by atoms with Gasteiger partial charge in [-0.15, -0.1) is 11.3 Å². The fourth-order valence-electron chi connectivity index (χ4n) is 1.95. The molecule has 21 heavy (non-hydrogen) atoms. The van der Waals surface area contributed by atoms with Gasteiger partial charge in [0.2, 0.25) is 0 Å². The molecule has 0 unspecified atom stereocenters. The molecule has 0 bridgehead atoms. The first-order valence-corrected chi connectivity index (χ1v) is 8.41. The second-order valence-electron chi connectivity index (χ2n) is 4.44. The second-order valence-corrected chi connectivity index (χ2v) is 6.70. The average molecular weight is 310 g/mol. The van der Waals surface area contributed by atoms with Crippen molar-refractivity contribution in [1.82, 2.24) is 4.98 Å². The molecule has 1 aromatic heterocycles. The van der Waals surface area contributed by atoms with Gasteiger partial charge >= 0.3 is 0 Å². The van der Waals surface area contributed by atoms with E-state index in [0.717, 1.165) is 21.2 Å². The van der Waals surface area contributed by atoms with Crippen molar-refractivity contribution in [2.24, 2.45) is 5.73 Å². The van der Waals surface area contributed by atoms with Crippen LogP contribution in [0.1, 0.15) is 11.1 Å². The second kappa shape index (κ2) is 6.77. The normalized spacial score (nSPS) is 10.3. The molecule has 0 saturated heterocycles. The highest BCUT2D eigenvalue weighted by Crippen LogP contribution is 2.31. The molecule has 2 nitrogen and oxygen atoms in total. The fraction of sp³-hybridized carbons (Fsp3) is 0.118. The molecule has 0 amide bonds. The van der Waals surface area contributed by atoms with Gasteiger partial charge in [-0.1, -0.05) is 47.9 Å². The zero-order valence-electron chi connectivity index (χ0n) is 11.4. The van der Waals surface area contributed by atoms with E-state index in [2.05, 4.69) is 47.2 Å². The molecule has 0 aliphatic carbocycles. The predicted molar refractivity (Wildman–Crippen MR) is 91.6 cm³/mol. The van der Waals surface area contributed by atoms with Gasteiger partial charge in [0, 0.05) is 11.3 Å². The Labute approximate surface area is 132 Å². The molecule has 0 aliphatic rings. The van der Waals surface area contributed by atoms with Crippen LogP contribution in [0.15, 0.2) is 52.9 Å². The topological polar surface area (TPSA) is 38.9 Å². The van der Waals surface area contributed by atoms with Gasteiger partial charge in [-0.3, -0.25) is 0 Å². The number of benzene rings is 2. The maximum Gasteiger partial charge on any atom is 0.151 e. The largest absolute Gasteiger partial charge is 0.320 e. The lowest BCUT2D eigenvalue weighted by molar-refractivity contribution is 1.29. The van der Waals surface area contributed by atoms with Crippen molar-refractivity contribution >= 4 is 33.3 Å². The Kier molecular flexibility index (Phi) is 4.56. The first-order valence-electron chi connectivity index (χ1n) is 6.61. The predicted octanol–water partition coefficient (Wildman–Crippen LogP) is 3.90. The first-order chi connectivity index (χ1) is 10.3. The average Bonchev–Trinajstić information content (AvgIpc) is 2.94. The highest BCUT2D eigenvalue weighted by molar-refractivity contribution is 8.00. The summed E-state index contributed by atoms with van der Waals surface area (Å²) in [7, 11) is 0. The highest BCUT2D eigenvalue weighted by atomic mass is 32.2. The third-order valence-corrected chi connectivity index (χ3v) is 5.15. The lowest BCUT2D eigenvalue weighted by Crippen LogP contribution is -1.93. The summed E-state index contributed by atoms with van der Waals surface area (Å²) in [6.07, 6.45) is 0. The molecule has 0 spiro atoms. The standard InChI is InChI=1S/C17H14N2S2/c18-10-4-7-13-5-3-6-14(11-13)12-20-17-19-15-8-1-2-9-16(15)21-17/h1-3,5-6,8-9,11H,10,12,18H2. The minimum absolute atomic E-state index is 0.394. The molecule has 104 valence electrons. The lowest BCUT2D eigenvalue weighted by Gasteiger charge is -1.99. The molecule has 2 aromatic carbocycles. The number of para-hydroxylation sites is 1. The zero-order chi connectivity index (χ0) is 14.5. The van der Waals surface area contributed by atoms with E-state index >= 15 is 0 Å². The van der Waals surface area contributed by atoms with Crippen LogP contribution in [0.4, 0.5) is 0 Å². The smallest absolute Gasteiger partial charge is 0.151 e. The van der Waals surface area contributed by atoms with Crippen molar-refractivity contribution < 1.29 is 0 Å². The number of thiazole rings is 1. The molecule has 0 aliphatic heterocycles. The van der Waals surface area contributed by atoms with Crippen molar-refractivity contribution in [3.63, 3.8) is 0 Å². The quantitative estimate of drug-likeness (QED) is 0.589. The molecule has 1 heterocycles. The number of hydrogen-bond donors (Lipinski definition) is 1. The van der Waals surface area contributed by atoms with Gasteiger partial charge in [0.05, 0.1) is 16.8 Å². The van der Waals surface area contributed by atoms with Crippen molar-refractivity contribution in [1.29, 1.82) is 0 Å². The van der Waals surface area contributed by atoms with Crippen molar-refractivity contribution in [2.75, 3.05) is 6.54 Å². The summed E-state index contributed by atoms with van der Waals surface area (Å²) in [5.41, 5.74) is 8.75. The van der Waals surface area contributed by atoms with E-state index in [1.165, 1.54) is 10.3 Å². The molecule has 4 heteroatoms. The highest BCUT2D eigenvalue weighted by Gasteiger charge is 2.04. The van der Waals surface area contributed by atoms with Crippen LogP contribution in [-0.4, -0.2) is 11.5 Å². The Bertz CT molecular complexity index is 779. The number of hydrogen-bond acceptors (Lipinski definition) is 4. The Morgan fingerprint density at radius 2 is 2.05 bits per heavy atom. The minimum Gasteiger partial charge on any atom is -0.320 e. The van der Waals surface area contributed by atoms with Gasteiger partial charge in [-0.05, 0) is 29.8 Å². The van der Waals surface area contributed by atoms with E-state index in [1.807, 2.05) is 18.2 Å². The number of fused-ring (bicyclic) bond motifs is 1. The fourth-order valence-corrected chi connectivity index (χ4v) is 3.96. The van der Waals surface area contributed by atoms with E-state index in [-0.39, 0.29) is 0 Å². The third-order valence-electron chi connectivity index (χ3n) is 2.90. The van der Waals surface area contributed by atoms with E-state index in [1.54, 1.807) is 23.1 Å². The minimum atomic E-state index is 0.394. The molecule has 0 atom stereocenters. The van der Waals surface area contributed by atoms with E-state index < -0.39 is 0 Å². The Hall–Kier alpha value is -1.80. The van der Waals surface area contributed by atoms with Gasteiger partial charge < -0.3 is 5.73 Å². The zero-order valence-corrected chi connectivity index (χ0v) is 13.0. The van der Waals surface area contributed by atoms with Crippen LogP contribution in [0.3, 0.4) is 0 Å². The van der Waals surface area contributed by atoms with Gasteiger partial charge in [-0.2, -0.15) is 0 Å². The number of nitrogens with zero attached hydrogens (tertiary/aromatic N) is 1. The maximum atomic E-state index is 5.40. The van der Waals surface area contributed by atoms with Gasteiger partial charge in [0.1, 0.15) is 0 Å². The Morgan fingerprint density at radius 3 is 2.90 bits per heavy atom. The molecule has 0 fully saturated rings. The number of rotatable bonds is 3. The summed E-state index contributed by atoms with van der Waals surface area (Å²) in [4.78, 5) is 4.64. The number of nitrogens with two attached hydrogens (primary N) is 1. The van der Waals surface area contributed by atoms with Crippen LogP contribution in [0.25, 0.3) is 10.2 Å². The first kappa shape index (κ1) is 14.2. The van der Waals surface area contributed by atoms with Crippen LogP contribution in [-0.2, 0) is 5.75 Å². The van der Waals surface area contributed by atoms with Crippen molar-refractivity contribution in [2.45, 2.75) is 10.1 Å². The molecule has 0 saturated carbocycles. The summed E-state index contributed by atoms with van der Waals surface area (Å²) in [5.74, 6) is 6.85. The Balaban J connectivity index is 1.72. The van der Waals surface area contributed by atoms with E-state index in [9.17, 15) is 0 Å². The van der Waals surface area contributed by atoms with Crippen LogP contribution in [0.2, 0.25) is 0 Å². The summed E-state index contributed by atoms with van der Waals surface area (Å²) in [6, 6.07) is 16.5. The van der Waals surface area contributed by atoms with E-state index in [4.69, 9.17) is 5.73 Å². The molecule has 3 aromatic rings. The summed E-state index contributed by atoms with van der Waals surface area (Å²) in [6.45, 7) is 0.394. The molecule has 2 N–H and O–H groups in total. The van der Waals surface area contributed by atoms with Gasteiger partial charge in [0.15, 0.2) is 4.34 Å². The summed E-state index contributed by atoms with van der Waals surface area (Å²) in [5, 5.41) is 0. The van der Waals surface area contributed by atoms with Crippen LogP contribution in [0.5, 0.6) is 0 Å². The number of thioether (sulfide) groups is 1. The molecule has 3 rings (SSSR count). The third kappa shape index (κ3) is 3.64. The maximum absolute atomic E-state index is 5.40. The van der Waals surface area contributed by atoms with Crippen LogP contribution in [0, 0.1) is 11.8 Å². The molecular formula is C17H14N2S2. The molecular weight excluding hydrogens is 296 g/mol. The monoisotopic (exact) mass is 310 g/mol. The summed E-state index contributed by atoms with van der Waals surface area (Å²) < 4.78 is 2.34. The van der Waals surface area contributed by atoms with Crippen molar-refractivity contribution in [3.8, 4) is 11.8 Å². The Morgan fingerprint density at radius 1 is 1.14 bits per heavy atom. The van der Waals surface area contributed by atoms with Gasteiger partial charge in [0.25, 0.3) is 0 Å². The van der Waals surface area contributed by atoms with Crippen LogP contribution >= 0.6 is 23.1 Å². The molecule has 0 radical (unpaired) electrons. The van der Waals surface area contributed by atoms with E-state index in [0.29, 0.717) is 6.54 Å². The van der Waals surface area contributed by atoms with Crippen LogP contribution < -0.4 is 5.73 Å². The summed E-state index contributed by atoms with van der Waals surface area (Å²) >= 11 is 3.51. The van der Waals surface area contributed by atoms with Gasteiger partial charge in [-0.25, -0.2) is 4.98 Å². The van der Waals surface area contributed by atoms with Crippen molar-refractivity contribution in [3.05, 3.63) is 59.7 Å².